The van der Waals surface area contributed by atoms with E-state index in [-0.39, 0.29) is 18.9 Å². The molecule has 1 amide bonds. The largest absolute Gasteiger partial charge is 0.459 e. The second kappa shape index (κ2) is 8.27. The van der Waals surface area contributed by atoms with Gasteiger partial charge in [0, 0.05) is 19.9 Å². The predicted octanol–water partition coefficient (Wildman–Crippen LogP) is 4.37. The number of carbonyl (C=O) groups is 2. The van der Waals surface area contributed by atoms with Crippen LogP contribution in [0.25, 0.3) is 0 Å². The second-order valence-electron chi connectivity index (χ2n) is 7.24. The van der Waals surface area contributed by atoms with Gasteiger partial charge in [-0.1, -0.05) is 42.5 Å². The van der Waals surface area contributed by atoms with Crippen molar-refractivity contribution in [2.45, 2.75) is 44.5 Å². The van der Waals surface area contributed by atoms with E-state index < -0.39 is 23.2 Å². The van der Waals surface area contributed by atoms with Crippen molar-refractivity contribution < 1.29 is 27.5 Å². The van der Waals surface area contributed by atoms with Crippen LogP contribution in [0.1, 0.15) is 36.5 Å². The van der Waals surface area contributed by atoms with Gasteiger partial charge < -0.3 is 9.64 Å². The van der Waals surface area contributed by atoms with E-state index in [1.54, 1.807) is 0 Å². The number of hydrogen-bond acceptors (Lipinski definition) is 3. The molecule has 1 aliphatic rings. The molecule has 1 atom stereocenters. The Hall–Kier alpha value is -2.83. The van der Waals surface area contributed by atoms with Gasteiger partial charge >= 0.3 is 12.1 Å². The third kappa shape index (κ3) is 4.60. The zero-order valence-corrected chi connectivity index (χ0v) is 16.0. The molecule has 4 nitrogen and oxygen atoms in total. The molecule has 1 unspecified atom stereocenters. The van der Waals surface area contributed by atoms with E-state index in [0.717, 1.165) is 17.7 Å². The van der Waals surface area contributed by atoms with E-state index in [2.05, 4.69) is 0 Å². The van der Waals surface area contributed by atoms with Crippen LogP contribution in [0.4, 0.5) is 13.2 Å². The van der Waals surface area contributed by atoms with E-state index in [0.29, 0.717) is 24.9 Å². The average molecular weight is 405 g/mol. The highest BCUT2D eigenvalue weighted by Crippen LogP contribution is 2.36. The number of ether oxygens (including phenoxy) is 1. The summed E-state index contributed by atoms with van der Waals surface area (Å²) < 4.78 is 44.0. The minimum absolute atomic E-state index is 0.0696. The van der Waals surface area contributed by atoms with Crippen molar-refractivity contribution in [3.63, 3.8) is 0 Å². The number of benzene rings is 2. The van der Waals surface area contributed by atoms with E-state index in [1.165, 1.54) is 24.0 Å². The third-order valence-electron chi connectivity index (χ3n) is 5.24. The Morgan fingerprint density at radius 3 is 2.28 bits per heavy atom. The molecule has 7 heteroatoms. The van der Waals surface area contributed by atoms with Crippen LogP contribution < -0.4 is 0 Å². The number of hydrogen-bond donors (Lipinski definition) is 0. The summed E-state index contributed by atoms with van der Waals surface area (Å²) in [6.07, 6.45) is -3.29. The number of nitrogens with zero attached hydrogens (tertiary/aromatic N) is 1. The first-order valence-electron chi connectivity index (χ1n) is 9.38. The zero-order valence-electron chi connectivity index (χ0n) is 16.0. The van der Waals surface area contributed by atoms with E-state index in [9.17, 15) is 22.8 Å². The molecule has 0 bridgehead atoms. The molecule has 0 N–H and O–H groups in total. The first-order valence-corrected chi connectivity index (χ1v) is 9.38. The van der Waals surface area contributed by atoms with Gasteiger partial charge in [0.15, 0.2) is 0 Å². The van der Waals surface area contributed by atoms with Gasteiger partial charge in [-0.15, -0.1) is 0 Å². The fourth-order valence-electron chi connectivity index (χ4n) is 3.81. The van der Waals surface area contributed by atoms with E-state index in [4.69, 9.17) is 4.74 Å². The molecule has 1 heterocycles. The van der Waals surface area contributed by atoms with Gasteiger partial charge in [0.2, 0.25) is 5.91 Å². The lowest BCUT2D eigenvalue weighted by atomic mass is 9.87. The zero-order chi connectivity index (χ0) is 21.1. The van der Waals surface area contributed by atoms with Gasteiger partial charge in [-0.3, -0.25) is 4.79 Å². The molecule has 29 heavy (non-hydrogen) atoms. The summed E-state index contributed by atoms with van der Waals surface area (Å²) in [5.41, 5.74) is -0.599. The van der Waals surface area contributed by atoms with Crippen LogP contribution in [-0.2, 0) is 33.5 Å². The Bertz CT molecular complexity index is 865. The highest BCUT2D eigenvalue weighted by Gasteiger charge is 2.50. The lowest BCUT2D eigenvalue weighted by Gasteiger charge is -2.36. The molecule has 2 aromatic carbocycles. The van der Waals surface area contributed by atoms with Crippen molar-refractivity contribution in [1.82, 2.24) is 4.90 Å². The second-order valence-corrected chi connectivity index (χ2v) is 7.24. The molecular formula is C22H22F3NO3. The van der Waals surface area contributed by atoms with Gasteiger partial charge in [0.05, 0.1) is 5.56 Å². The number of rotatable bonds is 5. The number of alkyl halides is 3. The average Bonchev–Trinajstić information content (AvgIpc) is 3.11. The van der Waals surface area contributed by atoms with E-state index in [1.807, 2.05) is 30.3 Å². The highest BCUT2D eigenvalue weighted by molar-refractivity contribution is 5.88. The maximum Gasteiger partial charge on any atom is 0.416 e. The molecule has 1 saturated heterocycles. The van der Waals surface area contributed by atoms with Crippen LogP contribution >= 0.6 is 0 Å². The van der Waals surface area contributed by atoms with E-state index >= 15 is 0 Å². The predicted molar refractivity (Wildman–Crippen MR) is 101 cm³/mol. The van der Waals surface area contributed by atoms with Crippen molar-refractivity contribution >= 4 is 11.9 Å². The molecule has 3 rings (SSSR count). The minimum Gasteiger partial charge on any atom is -0.459 e. The molecule has 0 aliphatic carbocycles. The maximum atomic E-state index is 13.1. The summed E-state index contributed by atoms with van der Waals surface area (Å²) in [5.74, 6) is -0.792. The van der Waals surface area contributed by atoms with Crippen LogP contribution in [0.15, 0.2) is 54.6 Å². The molecule has 0 spiro atoms. The molecule has 0 aromatic heterocycles. The Labute approximate surface area is 167 Å². The Morgan fingerprint density at radius 2 is 1.69 bits per heavy atom. The SMILES string of the molecule is CC(=O)N1CCCC1(Cc1ccc(C(F)(F)F)cc1)C(=O)OCc1ccccc1. The lowest BCUT2D eigenvalue weighted by molar-refractivity contribution is -0.162. The summed E-state index contributed by atoms with van der Waals surface area (Å²) in [4.78, 5) is 26.8. The molecule has 0 saturated carbocycles. The van der Waals surface area contributed by atoms with Crippen molar-refractivity contribution in [2.24, 2.45) is 0 Å². The monoisotopic (exact) mass is 405 g/mol. The van der Waals surface area contributed by atoms with Crippen LogP contribution in [0.2, 0.25) is 0 Å². The third-order valence-corrected chi connectivity index (χ3v) is 5.24. The maximum absolute atomic E-state index is 13.1. The molecular weight excluding hydrogens is 383 g/mol. The topological polar surface area (TPSA) is 46.6 Å². The fraction of sp³-hybridized carbons (Fsp3) is 0.364. The van der Waals surface area contributed by atoms with Crippen molar-refractivity contribution in [3.8, 4) is 0 Å². The van der Waals surface area contributed by atoms with Crippen LogP contribution in [0.3, 0.4) is 0 Å². The van der Waals surface area contributed by atoms with Crippen LogP contribution in [0.5, 0.6) is 0 Å². The van der Waals surface area contributed by atoms with Crippen molar-refractivity contribution in [1.29, 1.82) is 0 Å². The first kappa shape index (κ1) is 20.9. The summed E-state index contributed by atoms with van der Waals surface area (Å²) in [6.45, 7) is 1.87. The van der Waals surface area contributed by atoms with Gasteiger partial charge in [-0.2, -0.15) is 13.2 Å². The number of likely N-dealkylation sites (tertiary alicyclic amines) is 1. The Kier molecular flexibility index (Phi) is 5.96. The molecule has 1 aliphatic heterocycles. The number of carbonyl (C=O) groups excluding carboxylic acids is 2. The molecule has 0 radical (unpaired) electrons. The first-order chi connectivity index (χ1) is 13.7. The van der Waals surface area contributed by atoms with Gasteiger partial charge in [0.1, 0.15) is 12.1 Å². The summed E-state index contributed by atoms with van der Waals surface area (Å²) in [7, 11) is 0. The Morgan fingerprint density at radius 1 is 1.03 bits per heavy atom. The minimum atomic E-state index is -4.43. The van der Waals surface area contributed by atoms with Crippen LogP contribution in [-0.4, -0.2) is 28.9 Å². The van der Waals surface area contributed by atoms with Crippen molar-refractivity contribution in [3.05, 3.63) is 71.3 Å². The molecule has 154 valence electrons. The van der Waals surface area contributed by atoms with Crippen molar-refractivity contribution in [2.75, 3.05) is 6.54 Å². The standard InChI is InChI=1S/C22H22F3NO3/c1-16(27)26-13-5-12-21(26,20(28)29-15-18-6-3-2-4-7-18)14-17-8-10-19(11-9-17)22(23,24)25/h2-4,6-11H,5,12-15H2,1H3. The smallest absolute Gasteiger partial charge is 0.416 e. The normalized spacial score (nSPS) is 19.2. The lowest BCUT2D eigenvalue weighted by Crippen LogP contribution is -2.54. The number of amides is 1. The van der Waals surface area contributed by atoms with Crippen LogP contribution in [0, 0.1) is 0 Å². The number of halogens is 3. The summed E-state index contributed by atoms with van der Waals surface area (Å²) >= 11 is 0. The number of esters is 1. The molecule has 2 aromatic rings. The molecule has 1 fully saturated rings. The Balaban J connectivity index is 1.84. The highest BCUT2D eigenvalue weighted by atomic mass is 19.4. The van der Waals surface area contributed by atoms with Gasteiger partial charge in [-0.05, 0) is 36.1 Å². The summed E-state index contributed by atoms with van der Waals surface area (Å²) in [6, 6.07) is 13.9. The quantitative estimate of drug-likeness (QED) is 0.694. The van der Waals surface area contributed by atoms with Gasteiger partial charge in [-0.25, -0.2) is 4.79 Å². The summed E-state index contributed by atoms with van der Waals surface area (Å²) in [5, 5.41) is 0. The fourth-order valence-corrected chi connectivity index (χ4v) is 3.81. The van der Waals surface area contributed by atoms with Gasteiger partial charge in [0.25, 0.3) is 0 Å².